The van der Waals surface area contributed by atoms with Gasteiger partial charge in [0.2, 0.25) is 5.82 Å². The molecule has 36 heavy (non-hydrogen) atoms. The zero-order chi connectivity index (χ0) is 25.8. The Balaban J connectivity index is 1.36. The molecule has 0 aromatic heterocycles. The van der Waals surface area contributed by atoms with E-state index in [1.165, 1.54) is 76.7 Å². The van der Waals surface area contributed by atoms with Crippen LogP contribution in [0.5, 0.6) is 5.75 Å². The zero-order valence-electron chi connectivity index (χ0n) is 23.0. The summed E-state index contributed by atoms with van der Waals surface area (Å²) in [7, 11) is 0. The summed E-state index contributed by atoms with van der Waals surface area (Å²) >= 11 is 0. The van der Waals surface area contributed by atoms with Crippen molar-refractivity contribution in [3.8, 4) is 5.75 Å². The maximum absolute atomic E-state index is 14.5. The van der Waals surface area contributed by atoms with Crippen LogP contribution in [0.25, 0.3) is 0 Å². The average molecular weight is 505 g/mol. The van der Waals surface area contributed by atoms with Crippen molar-refractivity contribution in [2.24, 2.45) is 23.7 Å². The van der Waals surface area contributed by atoms with Gasteiger partial charge in [-0.15, -0.1) is 0 Å². The lowest BCUT2D eigenvalue weighted by Gasteiger charge is -2.37. The lowest BCUT2D eigenvalue weighted by atomic mass is 9.68. The Kier molecular flexibility index (Phi) is 12.7. The predicted octanol–water partition coefficient (Wildman–Crippen LogP) is 9.97. The number of ether oxygens (including phenoxy) is 1. The van der Waals surface area contributed by atoms with Crippen molar-refractivity contribution < 1.29 is 18.3 Å². The van der Waals surface area contributed by atoms with Gasteiger partial charge in [-0.1, -0.05) is 90.5 Å². The molecule has 0 spiro atoms. The third-order valence-electron chi connectivity index (χ3n) is 9.02. The molecule has 2 fully saturated rings. The molecule has 2 aliphatic rings. The van der Waals surface area contributed by atoms with Gasteiger partial charge in [-0.2, -0.15) is 4.39 Å². The summed E-state index contributed by atoms with van der Waals surface area (Å²) in [5.41, 5.74) is 0.364. The third-order valence-corrected chi connectivity index (χ3v) is 9.02. The minimum atomic E-state index is -1.02. The highest BCUT2D eigenvalue weighted by Gasteiger charge is 2.34. The van der Waals surface area contributed by atoms with Gasteiger partial charge in [0.05, 0.1) is 5.92 Å². The molecule has 0 atom stereocenters. The molecule has 0 N–H and O–H groups in total. The molecule has 3 rings (SSSR count). The van der Waals surface area contributed by atoms with E-state index >= 15 is 0 Å². The van der Waals surface area contributed by atoms with E-state index in [9.17, 15) is 13.6 Å². The number of benzene rings is 1. The SMILES string of the molecule is CCCCCCCCC1CCC(C2CCC(C(=O)Oc3ccc(CCCCC)c(F)c3F)CC2)CC1. The van der Waals surface area contributed by atoms with Crippen molar-refractivity contribution in [1.82, 2.24) is 0 Å². The Hall–Kier alpha value is -1.45. The summed E-state index contributed by atoms with van der Waals surface area (Å²) in [6, 6.07) is 2.99. The molecule has 0 amide bonds. The molecular formula is C32H50F2O2. The van der Waals surface area contributed by atoms with Crippen LogP contribution < -0.4 is 4.74 Å². The van der Waals surface area contributed by atoms with E-state index in [4.69, 9.17) is 4.74 Å². The second-order valence-corrected chi connectivity index (χ2v) is 11.7. The van der Waals surface area contributed by atoms with E-state index < -0.39 is 17.6 Å². The summed E-state index contributed by atoms with van der Waals surface area (Å²) in [6.07, 6.45) is 22.2. The Morgan fingerprint density at radius 3 is 2.00 bits per heavy atom. The highest BCUT2D eigenvalue weighted by Crippen LogP contribution is 2.42. The van der Waals surface area contributed by atoms with Crippen LogP contribution in [0, 0.1) is 35.3 Å². The van der Waals surface area contributed by atoms with Crippen molar-refractivity contribution >= 4 is 5.97 Å². The molecule has 0 aliphatic heterocycles. The molecule has 0 radical (unpaired) electrons. The molecule has 204 valence electrons. The molecule has 0 unspecified atom stereocenters. The monoisotopic (exact) mass is 504 g/mol. The van der Waals surface area contributed by atoms with Gasteiger partial charge in [-0.3, -0.25) is 4.79 Å². The van der Waals surface area contributed by atoms with Crippen LogP contribution in [0.3, 0.4) is 0 Å². The molecular weight excluding hydrogens is 454 g/mol. The summed E-state index contributed by atoms with van der Waals surface area (Å²) < 4.78 is 34.3. The number of unbranched alkanes of at least 4 members (excludes halogenated alkanes) is 7. The van der Waals surface area contributed by atoms with Gasteiger partial charge in [0, 0.05) is 0 Å². The molecule has 0 heterocycles. The van der Waals surface area contributed by atoms with Gasteiger partial charge in [0.25, 0.3) is 0 Å². The van der Waals surface area contributed by atoms with Crippen LogP contribution >= 0.6 is 0 Å². The van der Waals surface area contributed by atoms with Gasteiger partial charge in [0.15, 0.2) is 11.6 Å². The number of hydrogen-bond donors (Lipinski definition) is 0. The van der Waals surface area contributed by atoms with Crippen LogP contribution in [-0.4, -0.2) is 5.97 Å². The van der Waals surface area contributed by atoms with Gasteiger partial charge in [0.1, 0.15) is 0 Å². The van der Waals surface area contributed by atoms with E-state index in [0.717, 1.165) is 56.8 Å². The van der Waals surface area contributed by atoms with Crippen molar-refractivity contribution in [2.45, 2.75) is 136 Å². The lowest BCUT2D eigenvalue weighted by Crippen LogP contribution is -2.30. The van der Waals surface area contributed by atoms with Crippen LogP contribution in [-0.2, 0) is 11.2 Å². The Morgan fingerprint density at radius 2 is 1.33 bits per heavy atom. The van der Waals surface area contributed by atoms with Crippen LogP contribution in [0.1, 0.15) is 135 Å². The van der Waals surface area contributed by atoms with Crippen molar-refractivity contribution in [1.29, 1.82) is 0 Å². The maximum Gasteiger partial charge on any atom is 0.314 e. The van der Waals surface area contributed by atoms with E-state index in [-0.39, 0.29) is 11.7 Å². The standard InChI is InChI=1S/C32H50F2O2/c1-3-5-7-8-9-11-12-24-14-16-25(17-15-24)26-18-20-28(21-19-26)32(35)36-29-23-22-27(13-10-6-4-2)30(33)31(29)34/h22-26,28H,3-21H2,1-2H3. The van der Waals surface area contributed by atoms with Gasteiger partial charge >= 0.3 is 5.97 Å². The first-order valence-corrected chi connectivity index (χ1v) is 15.2. The largest absolute Gasteiger partial charge is 0.423 e. The molecule has 2 nitrogen and oxygen atoms in total. The number of carbonyl (C=O) groups excluding carboxylic acids is 1. The van der Waals surface area contributed by atoms with Crippen LogP contribution in [0.2, 0.25) is 0 Å². The first kappa shape index (κ1) is 29.1. The molecule has 1 aromatic rings. The predicted molar refractivity (Wildman–Crippen MR) is 144 cm³/mol. The Bertz CT molecular complexity index is 777. The first-order valence-electron chi connectivity index (χ1n) is 15.2. The topological polar surface area (TPSA) is 26.3 Å². The Morgan fingerprint density at radius 1 is 0.750 bits per heavy atom. The summed E-state index contributed by atoms with van der Waals surface area (Å²) in [6.45, 7) is 4.35. The molecule has 2 saturated carbocycles. The highest BCUT2D eigenvalue weighted by atomic mass is 19.2. The van der Waals surface area contributed by atoms with E-state index in [0.29, 0.717) is 17.9 Å². The van der Waals surface area contributed by atoms with Crippen molar-refractivity contribution in [3.63, 3.8) is 0 Å². The number of aryl methyl sites for hydroxylation is 1. The average Bonchev–Trinajstić information content (AvgIpc) is 2.90. The highest BCUT2D eigenvalue weighted by molar-refractivity contribution is 5.75. The van der Waals surface area contributed by atoms with Crippen molar-refractivity contribution in [2.75, 3.05) is 0 Å². The smallest absolute Gasteiger partial charge is 0.314 e. The molecule has 0 saturated heterocycles. The minimum absolute atomic E-state index is 0.197. The van der Waals surface area contributed by atoms with Gasteiger partial charge in [-0.25, -0.2) is 4.39 Å². The normalized spacial score (nSPS) is 24.6. The fourth-order valence-electron chi connectivity index (χ4n) is 6.59. The molecule has 0 bridgehead atoms. The van der Waals surface area contributed by atoms with Crippen LogP contribution in [0.4, 0.5) is 8.78 Å². The molecule has 2 aliphatic carbocycles. The zero-order valence-corrected chi connectivity index (χ0v) is 23.0. The van der Waals surface area contributed by atoms with Gasteiger partial charge < -0.3 is 4.74 Å². The third kappa shape index (κ3) is 8.84. The number of esters is 1. The van der Waals surface area contributed by atoms with Crippen molar-refractivity contribution in [3.05, 3.63) is 29.3 Å². The van der Waals surface area contributed by atoms with Crippen LogP contribution in [0.15, 0.2) is 12.1 Å². The van der Waals surface area contributed by atoms with E-state index in [1.54, 1.807) is 6.07 Å². The summed E-state index contributed by atoms with van der Waals surface area (Å²) in [5.74, 6) is -0.314. The lowest BCUT2D eigenvalue weighted by molar-refractivity contribution is -0.140. The summed E-state index contributed by atoms with van der Waals surface area (Å²) in [5, 5.41) is 0. The minimum Gasteiger partial charge on any atom is -0.423 e. The molecule has 1 aromatic carbocycles. The number of hydrogen-bond acceptors (Lipinski definition) is 2. The van der Waals surface area contributed by atoms with E-state index in [1.807, 2.05) is 0 Å². The van der Waals surface area contributed by atoms with E-state index in [2.05, 4.69) is 13.8 Å². The molecule has 4 heteroatoms. The number of rotatable bonds is 14. The summed E-state index contributed by atoms with van der Waals surface area (Å²) in [4.78, 5) is 12.7. The second kappa shape index (κ2) is 15.7. The maximum atomic E-state index is 14.5. The Labute approximate surface area is 219 Å². The van der Waals surface area contributed by atoms with Gasteiger partial charge in [-0.05, 0) is 80.8 Å². The fourth-order valence-corrected chi connectivity index (χ4v) is 6.59. The second-order valence-electron chi connectivity index (χ2n) is 11.7. The fraction of sp³-hybridized carbons (Fsp3) is 0.781. The number of carbonyl (C=O) groups is 1. The number of halogens is 2. The first-order chi connectivity index (χ1) is 17.5. The quantitative estimate of drug-likeness (QED) is 0.143.